The van der Waals surface area contributed by atoms with Gasteiger partial charge in [0.2, 0.25) is 0 Å². The summed E-state index contributed by atoms with van der Waals surface area (Å²) in [4.78, 5) is 0. The van der Waals surface area contributed by atoms with Crippen LogP contribution in [0.25, 0.3) is 16.5 Å². The lowest BCUT2D eigenvalue weighted by Crippen LogP contribution is -2.03. The van der Waals surface area contributed by atoms with Crippen molar-refractivity contribution in [3.8, 4) is 5.69 Å². The zero-order chi connectivity index (χ0) is 21.0. The van der Waals surface area contributed by atoms with Crippen LogP contribution >= 0.6 is 23.4 Å². The Morgan fingerprint density at radius 2 is 1.45 bits per heavy atom. The second kappa shape index (κ2) is 8.96. The van der Waals surface area contributed by atoms with Crippen molar-refractivity contribution in [3.63, 3.8) is 0 Å². The molecule has 5 rings (SSSR count). The van der Waals surface area contributed by atoms with Gasteiger partial charge in [-0.25, -0.2) is 0 Å². The van der Waals surface area contributed by atoms with Crippen LogP contribution in [0.3, 0.4) is 0 Å². The molecule has 0 saturated carbocycles. The molecule has 0 aliphatic carbocycles. The number of aromatic nitrogens is 3. The van der Waals surface area contributed by atoms with Crippen LogP contribution in [0.1, 0.15) is 17.0 Å². The molecule has 0 unspecified atom stereocenters. The maximum Gasteiger partial charge on any atom is 0.196 e. The largest absolute Gasteiger partial charge is 0.274 e. The third-order valence-electron chi connectivity index (χ3n) is 5.17. The van der Waals surface area contributed by atoms with Crippen molar-refractivity contribution in [2.75, 3.05) is 0 Å². The summed E-state index contributed by atoms with van der Waals surface area (Å²) in [5.74, 6) is 1.73. The fourth-order valence-electron chi connectivity index (χ4n) is 3.61. The number of thioether (sulfide) groups is 1. The molecule has 0 aliphatic rings. The van der Waals surface area contributed by atoms with Crippen molar-refractivity contribution in [1.82, 2.24) is 14.8 Å². The zero-order valence-corrected chi connectivity index (χ0v) is 18.4. The Kier molecular flexibility index (Phi) is 5.74. The lowest BCUT2D eigenvalue weighted by atomic mass is 10.1. The quantitative estimate of drug-likeness (QED) is 0.267. The van der Waals surface area contributed by atoms with E-state index in [0.717, 1.165) is 22.4 Å². The first-order valence-corrected chi connectivity index (χ1v) is 11.5. The van der Waals surface area contributed by atoms with Crippen molar-refractivity contribution in [2.24, 2.45) is 0 Å². The van der Waals surface area contributed by atoms with E-state index >= 15 is 0 Å². The van der Waals surface area contributed by atoms with Crippen molar-refractivity contribution in [1.29, 1.82) is 0 Å². The summed E-state index contributed by atoms with van der Waals surface area (Å²) in [6.45, 7) is 0. The van der Waals surface area contributed by atoms with Gasteiger partial charge in [0.25, 0.3) is 0 Å². The number of hydrogen-bond donors (Lipinski definition) is 0. The maximum atomic E-state index is 6.13. The summed E-state index contributed by atoms with van der Waals surface area (Å²) in [5.41, 5.74) is 3.48. The van der Waals surface area contributed by atoms with Gasteiger partial charge in [0.15, 0.2) is 5.16 Å². The predicted octanol–water partition coefficient (Wildman–Crippen LogP) is 6.96. The molecular formula is C26H20ClN3S. The molecule has 1 heterocycles. The van der Waals surface area contributed by atoms with Gasteiger partial charge in [-0.15, -0.1) is 10.2 Å². The minimum Gasteiger partial charge on any atom is -0.274 e. The Morgan fingerprint density at radius 1 is 0.710 bits per heavy atom. The molecule has 0 bridgehead atoms. The minimum atomic E-state index is 0.715. The molecule has 3 nitrogen and oxygen atoms in total. The number of hydrogen-bond acceptors (Lipinski definition) is 3. The van der Waals surface area contributed by atoms with Crippen LogP contribution in [-0.4, -0.2) is 14.8 Å². The Balaban J connectivity index is 1.46. The predicted molar refractivity (Wildman–Crippen MR) is 129 cm³/mol. The van der Waals surface area contributed by atoms with E-state index in [1.165, 1.54) is 21.9 Å². The Morgan fingerprint density at radius 3 is 2.26 bits per heavy atom. The van der Waals surface area contributed by atoms with Crippen LogP contribution in [0.4, 0.5) is 0 Å². The molecule has 0 radical (unpaired) electrons. The third-order valence-corrected chi connectivity index (χ3v) is 6.42. The van der Waals surface area contributed by atoms with E-state index in [9.17, 15) is 0 Å². The Hall–Kier alpha value is -3.08. The normalized spacial score (nSPS) is 11.1. The van der Waals surface area contributed by atoms with Crippen LogP contribution in [-0.2, 0) is 12.2 Å². The van der Waals surface area contributed by atoms with E-state index in [1.807, 2.05) is 42.5 Å². The van der Waals surface area contributed by atoms with Gasteiger partial charge in [-0.2, -0.15) is 0 Å². The zero-order valence-electron chi connectivity index (χ0n) is 16.8. The van der Waals surface area contributed by atoms with E-state index in [1.54, 1.807) is 11.8 Å². The summed E-state index contributed by atoms with van der Waals surface area (Å²) in [6.07, 6.45) is 0.715. The van der Waals surface area contributed by atoms with E-state index in [0.29, 0.717) is 11.4 Å². The third kappa shape index (κ3) is 4.50. The molecule has 0 atom stereocenters. The highest BCUT2D eigenvalue weighted by molar-refractivity contribution is 7.98. The molecular weight excluding hydrogens is 422 g/mol. The van der Waals surface area contributed by atoms with Gasteiger partial charge in [-0.1, -0.05) is 96.2 Å². The molecule has 5 aromatic rings. The summed E-state index contributed by atoms with van der Waals surface area (Å²) < 4.78 is 2.13. The van der Waals surface area contributed by atoms with E-state index in [-0.39, 0.29) is 0 Å². The first-order chi connectivity index (χ1) is 15.3. The van der Waals surface area contributed by atoms with Crippen molar-refractivity contribution in [3.05, 3.63) is 119 Å². The smallest absolute Gasteiger partial charge is 0.196 e. The molecule has 0 saturated heterocycles. The molecule has 0 spiro atoms. The SMILES string of the molecule is Clc1ccc(-n2c(Cc3ccccc3)nnc2SCc2ccc3ccccc3c2)cc1. The number of benzene rings is 4. The standard InChI is InChI=1S/C26H20ClN3S/c27-23-12-14-24(15-13-23)30-25(17-19-6-2-1-3-7-19)28-29-26(30)31-18-20-10-11-21-8-4-5-9-22(21)16-20/h1-16H,17-18H2. The second-order valence-corrected chi connectivity index (χ2v) is 8.72. The first-order valence-electron chi connectivity index (χ1n) is 10.1. The minimum absolute atomic E-state index is 0.715. The van der Waals surface area contributed by atoms with E-state index in [2.05, 4.69) is 69.4 Å². The van der Waals surface area contributed by atoms with Crippen LogP contribution in [0.2, 0.25) is 5.02 Å². The van der Waals surface area contributed by atoms with Crippen molar-refractivity contribution < 1.29 is 0 Å². The van der Waals surface area contributed by atoms with Crippen LogP contribution in [0.5, 0.6) is 0 Å². The highest BCUT2D eigenvalue weighted by Crippen LogP contribution is 2.28. The fourth-order valence-corrected chi connectivity index (χ4v) is 4.65. The summed E-state index contributed by atoms with van der Waals surface area (Å²) in [7, 11) is 0. The van der Waals surface area contributed by atoms with Gasteiger partial charge in [0.05, 0.1) is 0 Å². The highest BCUT2D eigenvalue weighted by atomic mass is 35.5. The number of fused-ring (bicyclic) bond motifs is 1. The molecule has 0 aliphatic heterocycles. The summed E-state index contributed by atoms with van der Waals surface area (Å²) >= 11 is 7.82. The van der Waals surface area contributed by atoms with Crippen LogP contribution in [0.15, 0.2) is 102 Å². The van der Waals surface area contributed by atoms with Crippen molar-refractivity contribution in [2.45, 2.75) is 17.3 Å². The van der Waals surface area contributed by atoms with E-state index < -0.39 is 0 Å². The average Bonchev–Trinajstić information content (AvgIpc) is 3.21. The average molecular weight is 442 g/mol. The Bertz CT molecular complexity index is 1310. The van der Waals surface area contributed by atoms with E-state index in [4.69, 9.17) is 11.6 Å². The molecule has 1 aromatic heterocycles. The van der Waals surface area contributed by atoms with Crippen LogP contribution < -0.4 is 0 Å². The number of rotatable bonds is 6. The molecule has 152 valence electrons. The Labute approximate surface area is 190 Å². The second-order valence-electron chi connectivity index (χ2n) is 7.34. The maximum absolute atomic E-state index is 6.13. The number of halogens is 1. The summed E-state index contributed by atoms with van der Waals surface area (Å²) in [5, 5.41) is 13.2. The molecule has 0 amide bonds. The van der Waals surface area contributed by atoms with Gasteiger partial charge in [0.1, 0.15) is 5.82 Å². The molecule has 5 heteroatoms. The molecule has 0 N–H and O–H groups in total. The van der Waals surface area contributed by atoms with Crippen molar-refractivity contribution >= 4 is 34.1 Å². The monoisotopic (exact) mass is 441 g/mol. The highest BCUT2D eigenvalue weighted by Gasteiger charge is 2.15. The lowest BCUT2D eigenvalue weighted by molar-refractivity contribution is 0.848. The molecule has 0 fully saturated rings. The van der Waals surface area contributed by atoms with Gasteiger partial charge < -0.3 is 0 Å². The lowest BCUT2D eigenvalue weighted by Gasteiger charge is -2.11. The van der Waals surface area contributed by atoms with Gasteiger partial charge in [-0.3, -0.25) is 4.57 Å². The van der Waals surface area contributed by atoms with Crippen LogP contribution in [0, 0.1) is 0 Å². The topological polar surface area (TPSA) is 30.7 Å². The summed E-state index contributed by atoms with van der Waals surface area (Å²) in [6, 6.07) is 33.2. The fraction of sp³-hybridized carbons (Fsp3) is 0.0769. The van der Waals surface area contributed by atoms with Gasteiger partial charge in [-0.05, 0) is 46.2 Å². The first kappa shape index (κ1) is 19.9. The molecule has 4 aromatic carbocycles. The van der Waals surface area contributed by atoms with Gasteiger partial charge >= 0.3 is 0 Å². The van der Waals surface area contributed by atoms with Gasteiger partial charge in [0, 0.05) is 22.9 Å². The molecule has 31 heavy (non-hydrogen) atoms. The number of nitrogens with zero attached hydrogens (tertiary/aromatic N) is 3.